The van der Waals surface area contributed by atoms with Crippen LogP contribution < -0.4 is 4.90 Å². The summed E-state index contributed by atoms with van der Waals surface area (Å²) in [5.41, 5.74) is 0.568. The molecule has 148 valence electrons. The summed E-state index contributed by atoms with van der Waals surface area (Å²) in [6, 6.07) is 5.52. The molecule has 0 bridgehead atoms. The minimum Gasteiger partial charge on any atom is -0.354 e. The Kier molecular flexibility index (Phi) is 4.88. The maximum atomic E-state index is 13.3. The van der Waals surface area contributed by atoms with Crippen molar-refractivity contribution >= 4 is 16.9 Å². The number of hydrogen-bond donors (Lipinski definition) is 0. The van der Waals surface area contributed by atoms with Crippen LogP contribution in [0.4, 0.5) is 23.4 Å². The number of piperazine rings is 1. The van der Waals surface area contributed by atoms with Crippen LogP contribution in [0.5, 0.6) is 0 Å². The minimum absolute atomic E-state index is 0.296. The van der Waals surface area contributed by atoms with Crippen molar-refractivity contribution in [2.24, 2.45) is 0 Å². The second-order valence-electron chi connectivity index (χ2n) is 6.66. The molecule has 0 N–H and O–H groups in total. The summed E-state index contributed by atoms with van der Waals surface area (Å²) in [5, 5.41) is 0. The van der Waals surface area contributed by atoms with Crippen LogP contribution in [0.3, 0.4) is 0 Å². The highest BCUT2D eigenvalue weighted by Crippen LogP contribution is 2.29. The molecule has 4 rings (SSSR count). The van der Waals surface area contributed by atoms with Crippen molar-refractivity contribution in [3.05, 3.63) is 48.4 Å². The van der Waals surface area contributed by atoms with Gasteiger partial charge in [-0.25, -0.2) is 19.3 Å². The maximum absolute atomic E-state index is 13.3. The molecule has 2 aromatic heterocycles. The molecule has 0 amide bonds. The Balaban J connectivity index is 1.34. The van der Waals surface area contributed by atoms with Crippen molar-refractivity contribution in [3.63, 3.8) is 0 Å². The van der Waals surface area contributed by atoms with E-state index in [1.54, 1.807) is 12.4 Å². The Morgan fingerprint density at radius 2 is 1.71 bits per heavy atom. The molecular formula is C18H18F4N6. The molecule has 0 spiro atoms. The molecule has 0 saturated carbocycles. The van der Waals surface area contributed by atoms with E-state index in [1.807, 2.05) is 9.47 Å². The number of rotatable bonds is 4. The van der Waals surface area contributed by atoms with Crippen molar-refractivity contribution in [1.82, 2.24) is 24.4 Å². The van der Waals surface area contributed by atoms with Crippen LogP contribution in [0.25, 0.3) is 11.0 Å². The first-order valence-electron chi connectivity index (χ1n) is 8.87. The van der Waals surface area contributed by atoms with E-state index in [0.29, 0.717) is 44.1 Å². The molecule has 0 aliphatic carbocycles. The molecule has 0 unspecified atom stereocenters. The van der Waals surface area contributed by atoms with Gasteiger partial charge >= 0.3 is 6.18 Å². The van der Waals surface area contributed by atoms with Gasteiger partial charge in [-0.15, -0.1) is 0 Å². The molecule has 0 atom stereocenters. The molecule has 1 aliphatic rings. The van der Waals surface area contributed by atoms with Crippen LogP contribution in [0, 0.1) is 5.82 Å². The Labute approximate surface area is 158 Å². The summed E-state index contributed by atoms with van der Waals surface area (Å²) >= 11 is 0. The highest BCUT2D eigenvalue weighted by Gasteiger charge is 2.33. The number of benzene rings is 1. The third kappa shape index (κ3) is 3.91. The molecule has 6 nitrogen and oxygen atoms in total. The maximum Gasteiger partial charge on any atom is 0.433 e. The van der Waals surface area contributed by atoms with Gasteiger partial charge < -0.3 is 9.47 Å². The lowest BCUT2D eigenvalue weighted by atomic mass is 10.3. The fraction of sp³-hybridized carbons (Fsp3) is 0.389. The molecule has 1 aromatic carbocycles. The van der Waals surface area contributed by atoms with Gasteiger partial charge in [-0.1, -0.05) is 0 Å². The number of imidazole rings is 1. The first-order chi connectivity index (χ1) is 13.4. The van der Waals surface area contributed by atoms with Gasteiger partial charge in [0.25, 0.3) is 0 Å². The molecule has 3 aromatic rings. The Morgan fingerprint density at radius 3 is 2.46 bits per heavy atom. The van der Waals surface area contributed by atoms with Gasteiger partial charge in [0.15, 0.2) is 0 Å². The van der Waals surface area contributed by atoms with Crippen LogP contribution in [0.1, 0.15) is 5.69 Å². The Hall–Kier alpha value is -2.75. The van der Waals surface area contributed by atoms with E-state index in [-0.39, 0.29) is 5.82 Å². The highest BCUT2D eigenvalue weighted by molar-refractivity contribution is 5.75. The molecule has 3 heterocycles. The normalized spacial score (nSPS) is 16.1. The first kappa shape index (κ1) is 18.6. The fourth-order valence-electron chi connectivity index (χ4n) is 3.34. The van der Waals surface area contributed by atoms with Gasteiger partial charge in [0.05, 0.1) is 17.4 Å². The van der Waals surface area contributed by atoms with Gasteiger partial charge in [-0.3, -0.25) is 4.90 Å². The lowest BCUT2D eigenvalue weighted by Crippen LogP contribution is -2.47. The largest absolute Gasteiger partial charge is 0.433 e. The number of anilines is 1. The second-order valence-corrected chi connectivity index (χ2v) is 6.66. The highest BCUT2D eigenvalue weighted by atomic mass is 19.4. The van der Waals surface area contributed by atoms with E-state index in [0.717, 1.165) is 24.5 Å². The summed E-state index contributed by atoms with van der Waals surface area (Å²) in [7, 11) is 0. The van der Waals surface area contributed by atoms with E-state index >= 15 is 0 Å². The third-order valence-electron chi connectivity index (χ3n) is 4.88. The van der Waals surface area contributed by atoms with Crippen molar-refractivity contribution in [2.45, 2.75) is 12.7 Å². The average Bonchev–Trinajstić information content (AvgIpc) is 3.08. The van der Waals surface area contributed by atoms with Crippen LogP contribution >= 0.6 is 0 Å². The summed E-state index contributed by atoms with van der Waals surface area (Å²) in [4.78, 5) is 15.6. The van der Waals surface area contributed by atoms with Crippen LogP contribution in [-0.4, -0.2) is 57.1 Å². The van der Waals surface area contributed by atoms with Gasteiger partial charge in [0.2, 0.25) is 0 Å². The summed E-state index contributed by atoms with van der Waals surface area (Å²) in [5.74, 6) is -0.0168. The predicted octanol–water partition coefficient (Wildman–Crippen LogP) is 2.81. The zero-order chi connectivity index (χ0) is 19.7. The summed E-state index contributed by atoms with van der Waals surface area (Å²) < 4.78 is 53.7. The predicted molar refractivity (Wildman–Crippen MR) is 95.4 cm³/mol. The standard InChI is InChI=1S/C18H18F4N6/c19-13-1-2-15-14(9-13)25-12-28(15)8-5-26-3-6-27(7-4-26)17-10-16(18(20,21)22)23-11-24-17/h1-2,9-12H,3-8H2. The van der Waals surface area contributed by atoms with Gasteiger partial charge in [0, 0.05) is 51.4 Å². The lowest BCUT2D eigenvalue weighted by molar-refractivity contribution is -0.141. The van der Waals surface area contributed by atoms with E-state index < -0.39 is 11.9 Å². The molecular weight excluding hydrogens is 376 g/mol. The average molecular weight is 394 g/mol. The molecule has 0 radical (unpaired) electrons. The number of hydrogen-bond acceptors (Lipinski definition) is 5. The van der Waals surface area contributed by atoms with E-state index in [9.17, 15) is 17.6 Å². The second kappa shape index (κ2) is 7.34. The minimum atomic E-state index is -4.48. The Bertz CT molecular complexity index is 962. The van der Waals surface area contributed by atoms with Gasteiger partial charge in [-0.05, 0) is 12.1 Å². The number of fused-ring (bicyclic) bond motifs is 1. The van der Waals surface area contributed by atoms with Crippen molar-refractivity contribution < 1.29 is 17.6 Å². The van der Waals surface area contributed by atoms with Crippen molar-refractivity contribution in [2.75, 3.05) is 37.6 Å². The topological polar surface area (TPSA) is 50.1 Å². The smallest absolute Gasteiger partial charge is 0.354 e. The van der Waals surface area contributed by atoms with E-state index in [1.165, 1.54) is 12.1 Å². The monoisotopic (exact) mass is 394 g/mol. The molecule has 1 fully saturated rings. The molecule has 28 heavy (non-hydrogen) atoms. The Morgan fingerprint density at radius 1 is 0.929 bits per heavy atom. The van der Waals surface area contributed by atoms with E-state index in [2.05, 4.69) is 19.9 Å². The number of alkyl halides is 3. The van der Waals surface area contributed by atoms with Crippen molar-refractivity contribution in [1.29, 1.82) is 0 Å². The lowest BCUT2D eigenvalue weighted by Gasteiger charge is -2.35. The first-order valence-corrected chi connectivity index (χ1v) is 8.87. The molecule has 10 heteroatoms. The zero-order valence-corrected chi connectivity index (χ0v) is 14.9. The SMILES string of the molecule is Fc1ccc2c(c1)ncn2CCN1CCN(c2cc(C(F)(F)F)ncn2)CC1. The van der Waals surface area contributed by atoms with Crippen LogP contribution in [0.15, 0.2) is 36.9 Å². The van der Waals surface area contributed by atoms with E-state index in [4.69, 9.17) is 0 Å². The number of halogens is 4. The fourth-order valence-corrected chi connectivity index (χ4v) is 3.34. The van der Waals surface area contributed by atoms with Crippen LogP contribution in [0.2, 0.25) is 0 Å². The third-order valence-corrected chi connectivity index (χ3v) is 4.88. The van der Waals surface area contributed by atoms with Crippen molar-refractivity contribution in [3.8, 4) is 0 Å². The number of aromatic nitrogens is 4. The zero-order valence-electron chi connectivity index (χ0n) is 14.9. The quantitative estimate of drug-likeness (QED) is 0.637. The number of nitrogens with zero attached hydrogens (tertiary/aromatic N) is 6. The molecule has 1 saturated heterocycles. The van der Waals surface area contributed by atoms with Crippen LogP contribution in [-0.2, 0) is 12.7 Å². The molecule has 1 aliphatic heterocycles. The van der Waals surface area contributed by atoms with Gasteiger partial charge in [0.1, 0.15) is 23.7 Å². The summed E-state index contributed by atoms with van der Waals surface area (Å²) in [6.07, 6.45) is -1.83. The van der Waals surface area contributed by atoms with Gasteiger partial charge in [-0.2, -0.15) is 13.2 Å². The summed E-state index contributed by atoms with van der Waals surface area (Å²) in [6.45, 7) is 4.08.